The second-order valence-electron chi connectivity index (χ2n) is 6.09. The summed E-state index contributed by atoms with van der Waals surface area (Å²) in [7, 11) is 0. The highest BCUT2D eigenvalue weighted by Crippen LogP contribution is 2.24. The van der Waals surface area contributed by atoms with E-state index in [1.165, 1.54) is 24.3 Å². The number of carbonyl (C=O) groups is 1. The molecule has 1 amide bonds. The Balaban J connectivity index is 1.68. The molecule has 6 heteroatoms. The molecule has 0 aliphatic carbocycles. The number of allylic oxidation sites excluding steroid dienone is 1. The summed E-state index contributed by atoms with van der Waals surface area (Å²) in [4.78, 5) is 14.1. The number of benzene rings is 2. The van der Waals surface area contributed by atoms with E-state index in [1.807, 2.05) is 4.90 Å². The van der Waals surface area contributed by atoms with E-state index in [9.17, 15) is 13.6 Å². The summed E-state index contributed by atoms with van der Waals surface area (Å²) in [6.45, 7) is 4.19. The molecule has 2 aromatic rings. The number of hydrogen-bond acceptors (Lipinski definition) is 3. The predicted molar refractivity (Wildman–Crippen MR) is 98.1 cm³/mol. The molecule has 1 saturated heterocycles. The number of carbonyl (C=O) groups excluding carboxylic acids is 1. The molecular formula is C20H20F2N2O2. The van der Waals surface area contributed by atoms with Gasteiger partial charge in [-0.1, -0.05) is 12.1 Å². The first-order valence-corrected chi connectivity index (χ1v) is 8.40. The van der Waals surface area contributed by atoms with Gasteiger partial charge in [-0.25, -0.2) is 8.78 Å². The number of rotatable bonds is 4. The number of anilines is 2. The van der Waals surface area contributed by atoms with Gasteiger partial charge < -0.3 is 15.0 Å². The average Bonchev–Trinajstić information content (AvgIpc) is 2.63. The van der Waals surface area contributed by atoms with Crippen molar-refractivity contribution in [3.63, 3.8) is 0 Å². The molecular weight excluding hydrogens is 338 g/mol. The summed E-state index contributed by atoms with van der Waals surface area (Å²) in [5.74, 6) is -1.09. The SMILES string of the molecule is C/C(=C\C(=O)Nc1ccc(N2CCOCC2)c(F)c1)c1ccc(F)cc1. The lowest BCUT2D eigenvalue weighted by Crippen LogP contribution is -2.36. The Bertz CT molecular complexity index is 813. The Morgan fingerprint density at radius 2 is 1.81 bits per heavy atom. The monoisotopic (exact) mass is 358 g/mol. The molecule has 26 heavy (non-hydrogen) atoms. The van der Waals surface area contributed by atoms with Crippen molar-refractivity contribution in [2.75, 3.05) is 36.5 Å². The zero-order valence-electron chi connectivity index (χ0n) is 14.5. The summed E-state index contributed by atoms with van der Waals surface area (Å²) in [6.07, 6.45) is 1.40. The lowest BCUT2D eigenvalue weighted by Gasteiger charge is -2.29. The highest BCUT2D eigenvalue weighted by Gasteiger charge is 2.15. The van der Waals surface area contributed by atoms with E-state index in [1.54, 1.807) is 31.2 Å². The summed E-state index contributed by atoms with van der Waals surface area (Å²) in [5, 5.41) is 2.65. The van der Waals surface area contributed by atoms with Crippen molar-refractivity contribution >= 4 is 22.9 Å². The largest absolute Gasteiger partial charge is 0.378 e. The van der Waals surface area contributed by atoms with E-state index >= 15 is 0 Å². The van der Waals surface area contributed by atoms with Crippen LogP contribution in [-0.2, 0) is 9.53 Å². The molecule has 2 aromatic carbocycles. The minimum atomic E-state index is -0.385. The molecule has 0 atom stereocenters. The maximum absolute atomic E-state index is 14.4. The normalized spacial score (nSPS) is 15.0. The second-order valence-corrected chi connectivity index (χ2v) is 6.09. The van der Waals surface area contributed by atoms with Gasteiger partial charge in [-0.05, 0) is 48.4 Å². The van der Waals surface area contributed by atoms with Crippen LogP contribution in [-0.4, -0.2) is 32.2 Å². The number of halogens is 2. The van der Waals surface area contributed by atoms with E-state index < -0.39 is 0 Å². The van der Waals surface area contributed by atoms with Gasteiger partial charge in [-0.2, -0.15) is 0 Å². The molecule has 3 rings (SSSR count). The summed E-state index contributed by atoms with van der Waals surface area (Å²) < 4.78 is 32.6. The van der Waals surface area contributed by atoms with Gasteiger partial charge >= 0.3 is 0 Å². The third kappa shape index (κ3) is 4.46. The van der Waals surface area contributed by atoms with Crippen LogP contribution in [0.25, 0.3) is 5.57 Å². The molecule has 0 spiro atoms. The first-order chi connectivity index (χ1) is 12.5. The van der Waals surface area contributed by atoms with Crippen LogP contribution < -0.4 is 10.2 Å². The Morgan fingerprint density at radius 3 is 2.46 bits per heavy atom. The van der Waals surface area contributed by atoms with Crippen LogP contribution in [0.3, 0.4) is 0 Å². The lowest BCUT2D eigenvalue weighted by atomic mass is 10.1. The summed E-state index contributed by atoms with van der Waals surface area (Å²) >= 11 is 0. The van der Waals surface area contributed by atoms with E-state index in [-0.39, 0.29) is 17.5 Å². The topological polar surface area (TPSA) is 41.6 Å². The van der Waals surface area contributed by atoms with E-state index in [2.05, 4.69) is 5.32 Å². The molecule has 1 aliphatic rings. The number of morpholine rings is 1. The Morgan fingerprint density at radius 1 is 1.12 bits per heavy atom. The number of amides is 1. The molecule has 1 aliphatic heterocycles. The molecule has 4 nitrogen and oxygen atoms in total. The maximum Gasteiger partial charge on any atom is 0.248 e. The Hall–Kier alpha value is -2.73. The molecule has 0 bridgehead atoms. The van der Waals surface area contributed by atoms with Crippen molar-refractivity contribution in [3.05, 3.63) is 65.7 Å². The lowest BCUT2D eigenvalue weighted by molar-refractivity contribution is -0.111. The molecule has 0 radical (unpaired) electrons. The molecule has 0 aromatic heterocycles. The van der Waals surface area contributed by atoms with Crippen molar-refractivity contribution in [1.82, 2.24) is 0 Å². The van der Waals surface area contributed by atoms with Gasteiger partial charge in [-0.3, -0.25) is 4.79 Å². The fourth-order valence-corrected chi connectivity index (χ4v) is 2.82. The van der Waals surface area contributed by atoms with Gasteiger partial charge in [0.25, 0.3) is 0 Å². The smallest absolute Gasteiger partial charge is 0.248 e. The Labute approximate surface area is 151 Å². The van der Waals surface area contributed by atoms with Gasteiger partial charge in [0.2, 0.25) is 5.91 Å². The van der Waals surface area contributed by atoms with Gasteiger partial charge in [0, 0.05) is 24.9 Å². The number of hydrogen-bond donors (Lipinski definition) is 1. The first-order valence-electron chi connectivity index (χ1n) is 8.40. The fraction of sp³-hybridized carbons (Fsp3) is 0.250. The second kappa shape index (κ2) is 8.10. The molecule has 0 saturated carbocycles. The fourth-order valence-electron chi connectivity index (χ4n) is 2.82. The standard InChI is InChI=1S/C20H20F2N2O2/c1-14(15-2-4-16(21)5-3-15)12-20(25)23-17-6-7-19(18(22)13-17)24-8-10-26-11-9-24/h2-7,12-13H,8-11H2,1H3,(H,23,25)/b14-12+. The highest BCUT2D eigenvalue weighted by atomic mass is 19.1. The third-order valence-corrected chi connectivity index (χ3v) is 4.21. The van der Waals surface area contributed by atoms with Crippen LogP contribution in [0, 0.1) is 11.6 Å². The summed E-state index contributed by atoms with van der Waals surface area (Å²) in [6, 6.07) is 10.5. The van der Waals surface area contributed by atoms with Gasteiger partial charge in [-0.15, -0.1) is 0 Å². The van der Waals surface area contributed by atoms with Crippen molar-refractivity contribution < 1.29 is 18.3 Å². The van der Waals surface area contributed by atoms with E-state index in [0.717, 1.165) is 5.56 Å². The van der Waals surface area contributed by atoms with Crippen LogP contribution in [0.1, 0.15) is 12.5 Å². The van der Waals surface area contributed by atoms with Crippen LogP contribution in [0.5, 0.6) is 0 Å². The maximum atomic E-state index is 14.4. The van der Waals surface area contributed by atoms with Crippen LogP contribution in [0.4, 0.5) is 20.2 Å². The minimum absolute atomic E-state index is 0.332. The first kappa shape index (κ1) is 18.1. The molecule has 1 heterocycles. The minimum Gasteiger partial charge on any atom is -0.378 e. The number of nitrogens with zero attached hydrogens (tertiary/aromatic N) is 1. The zero-order chi connectivity index (χ0) is 18.5. The van der Waals surface area contributed by atoms with Crippen LogP contribution in [0.2, 0.25) is 0 Å². The van der Waals surface area contributed by atoms with Crippen LogP contribution >= 0.6 is 0 Å². The van der Waals surface area contributed by atoms with Gasteiger partial charge in [0.05, 0.1) is 18.9 Å². The number of ether oxygens (including phenoxy) is 1. The third-order valence-electron chi connectivity index (χ3n) is 4.21. The summed E-state index contributed by atoms with van der Waals surface area (Å²) in [5.41, 5.74) is 2.32. The van der Waals surface area contributed by atoms with Crippen LogP contribution in [0.15, 0.2) is 48.5 Å². The van der Waals surface area contributed by atoms with Crippen molar-refractivity contribution in [1.29, 1.82) is 0 Å². The van der Waals surface area contributed by atoms with E-state index in [4.69, 9.17) is 4.74 Å². The molecule has 1 N–H and O–H groups in total. The Kier molecular flexibility index (Phi) is 5.63. The van der Waals surface area contributed by atoms with Gasteiger partial charge in [0.1, 0.15) is 11.6 Å². The van der Waals surface area contributed by atoms with Crippen molar-refractivity contribution in [2.24, 2.45) is 0 Å². The highest BCUT2D eigenvalue weighted by molar-refractivity contribution is 6.03. The average molecular weight is 358 g/mol. The molecule has 0 unspecified atom stereocenters. The number of nitrogens with one attached hydrogen (secondary N) is 1. The molecule has 1 fully saturated rings. The van der Waals surface area contributed by atoms with Crippen molar-refractivity contribution in [2.45, 2.75) is 6.92 Å². The zero-order valence-corrected chi connectivity index (χ0v) is 14.5. The van der Waals surface area contributed by atoms with E-state index in [0.29, 0.717) is 43.3 Å². The predicted octanol–water partition coefficient (Wildman–Crippen LogP) is 3.84. The van der Waals surface area contributed by atoms with Crippen molar-refractivity contribution in [3.8, 4) is 0 Å². The quantitative estimate of drug-likeness (QED) is 0.845. The van der Waals surface area contributed by atoms with Gasteiger partial charge in [0.15, 0.2) is 0 Å². The molecule has 136 valence electrons.